The van der Waals surface area contributed by atoms with Crippen molar-refractivity contribution in [1.29, 1.82) is 0 Å². The Kier molecular flexibility index (Phi) is 6.07. The summed E-state index contributed by atoms with van der Waals surface area (Å²) >= 11 is 0. The molecule has 2 aromatic heterocycles. The van der Waals surface area contributed by atoms with E-state index in [9.17, 15) is 9.18 Å². The predicted molar refractivity (Wildman–Crippen MR) is 122 cm³/mol. The number of nitrogens with zero attached hydrogens (tertiary/aromatic N) is 6. The van der Waals surface area contributed by atoms with Crippen molar-refractivity contribution in [2.24, 2.45) is 0 Å². The van der Waals surface area contributed by atoms with Crippen LogP contribution >= 0.6 is 0 Å². The van der Waals surface area contributed by atoms with E-state index in [2.05, 4.69) is 29.2 Å². The number of hydrogen-bond donors (Lipinski definition) is 1. The van der Waals surface area contributed by atoms with Crippen molar-refractivity contribution in [3.8, 4) is 0 Å². The van der Waals surface area contributed by atoms with Crippen LogP contribution in [0.4, 0.5) is 21.8 Å². The smallest absolute Gasteiger partial charge is 0.249 e. The van der Waals surface area contributed by atoms with E-state index >= 15 is 0 Å². The topological polar surface area (TPSA) is 79.2 Å². The second-order valence-corrected chi connectivity index (χ2v) is 8.19. The highest BCUT2D eigenvalue weighted by Crippen LogP contribution is 2.35. The lowest BCUT2D eigenvalue weighted by Crippen LogP contribution is -2.54. The molecule has 3 aromatic rings. The SMILES string of the molecule is CCN1C(=O)[C@H](C)N(C(C)C)c2nc(NCc3cnn(Cc4ccc(F)cc4)c3)ncc21. The summed E-state index contributed by atoms with van der Waals surface area (Å²) in [5.41, 5.74) is 2.69. The third kappa shape index (κ3) is 4.28. The fourth-order valence-corrected chi connectivity index (χ4v) is 4.04. The van der Waals surface area contributed by atoms with Crippen LogP contribution in [0, 0.1) is 5.82 Å². The summed E-state index contributed by atoms with van der Waals surface area (Å²) in [4.78, 5) is 25.7. The van der Waals surface area contributed by atoms with Crippen molar-refractivity contribution in [3.63, 3.8) is 0 Å². The van der Waals surface area contributed by atoms with Gasteiger partial charge >= 0.3 is 0 Å². The maximum Gasteiger partial charge on any atom is 0.249 e. The third-order valence-corrected chi connectivity index (χ3v) is 5.59. The molecule has 1 aliphatic heterocycles. The van der Waals surface area contributed by atoms with Crippen LogP contribution in [0.2, 0.25) is 0 Å². The van der Waals surface area contributed by atoms with E-state index in [0.29, 0.717) is 25.6 Å². The van der Waals surface area contributed by atoms with Gasteiger partial charge in [0.1, 0.15) is 17.5 Å². The molecule has 1 N–H and O–H groups in total. The van der Waals surface area contributed by atoms with Gasteiger partial charge in [-0.05, 0) is 45.4 Å². The number of fused-ring (bicyclic) bond motifs is 1. The van der Waals surface area contributed by atoms with Gasteiger partial charge < -0.3 is 15.1 Å². The summed E-state index contributed by atoms with van der Waals surface area (Å²) in [5, 5.41) is 7.64. The van der Waals surface area contributed by atoms with Gasteiger partial charge in [0.25, 0.3) is 0 Å². The van der Waals surface area contributed by atoms with Gasteiger partial charge in [-0.2, -0.15) is 10.1 Å². The first kappa shape index (κ1) is 21.7. The fraction of sp³-hybridized carbons (Fsp3) is 0.391. The van der Waals surface area contributed by atoms with Gasteiger partial charge in [-0.25, -0.2) is 9.37 Å². The Hall–Kier alpha value is -3.49. The van der Waals surface area contributed by atoms with Crippen molar-refractivity contribution in [2.75, 3.05) is 21.7 Å². The second kappa shape index (κ2) is 8.94. The molecule has 9 heteroatoms. The Bertz CT molecular complexity index is 1100. The minimum absolute atomic E-state index is 0.0616. The van der Waals surface area contributed by atoms with Crippen molar-refractivity contribution in [3.05, 3.63) is 59.8 Å². The zero-order valence-electron chi connectivity index (χ0n) is 18.8. The van der Waals surface area contributed by atoms with Crippen molar-refractivity contribution in [1.82, 2.24) is 19.7 Å². The molecule has 0 unspecified atom stereocenters. The molecule has 0 fully saturated rings. The van der Waals surface area contributed by atoms with Gasteiger partial charge in [-0.3, -0.25) is 9.48 Å². The molecule has 0 radical (unpaired) electrons. The average molecular weight is 438 g/mol. The van der Waals surface area contributed by atoms with Gasteiger partial charge in [-0.1, -0.05) is 12.1 Å². The van der Waals surface area contributed by atoms with Crippen LogP contribution in [0.25, 0.3) is 0 Å². The molecule has 168 valence electrons. The predicted octanol–water partition coefficient (Wildman–Crippen LogP) is 3.44. The first-order valence-electron chi connectivity index (χ1n) is 10.8. The van der Waals surface area contributed by atoms with Crippen molar-refractivity contribution in [2.45, 2.75) is 52.9 Å². The van der Waals surface area contributed by atoms with E-state index in [1.807, 2.05) is 29.6 Å². The van der Waals surface area contributed by atoms with Gasteiger partial charge in [0.15, 0.2) is 5.82 Å². The molecule has 0 spiro atoms. The Morgan fingerprint density at radius 3 is 2.59 bits per heavy atom. The molecule has 3 heterocycles. The van der Waals surface area contributed by atoms with Gasteiger partial charge in [0, 0.05) is 30.9 Å². The molecular weight excluding hydrogens is 409 g/mol. The first-order valence-corrected chi connectivity index (χ1v) is 10.8. The largest absolute Gasteiger partial charge is 0.350 e. The van der Waals surface area contributed by atoms with Crippen LogP contribution in [0.3, 0.4) is 0 Å². The zero-order valence-corrected chi connectivity index (χ0v) is 18.8. The molecule has 0 aliphatic carbocycles. The Morgan fingerprint density at radius 1 is 1.16 bits per heavy atom. The molecule has 1 amide bonds. The van der Waals surface area contributed by atoms with E-state index < -0.39 is 0 Å². The summed E-state index contributed by atoms with van der Waals surface area (Å²) in [5.74, 6) is 1.07. The molecule has 0 saturated carbocycles. The average Bonchev–Trinajstić information content (AvgIpc) is 3.22. The van der Waals surface area contributed by atoms with Crippen LogP contribution in [0.15, 0.2) is 42.9 Å². The number of rotatable bonds is 7. The maximum atomic E-state index is 13.1. The molecule has 0 saturated heterocycles. The maximum absolute atomic E-state index is 13.1. The molecule has 8 nitrogen and oxygen atoms in total. The summed E-state index contributed by atoms with van der Waals surface area (Å²) in [6, 6.07) is 6.24. The first-order chi connectivity index (χ1) is 15.4. The number of aromatic nitrogens is 4. The van der Waals surface area contributed by atoms with E-state index in [0.717, 1.165) is 22.6 Å². The Morgan fingerprint density at radius 2 is 1.91 bits per heavy atom. The number of likely N-dealkylation sites (N-methyl/N-ethyl adjacent to an activating group) is 1. The number of carbonyl (C=O) groups excluding carboxylic acids is 1. The number of carbonyl (C=O) groups is 1. The van der Waals surface area contributed by atoms with E-state index in [4.69, 9.17) is 4.98 Å². The number of halogens is 1. The molecule has 4 rings (SSSR count). The highest BCUT2D eigenvalue weighted by Gasteiger charge is 2.37. The number of nitrogens with one attached hydrogen (secondary N) is 1. The van der Waals surface area contributed by atoms with E-state index in [1.165, 1.54) is 12.1 Å². The number of amides is 1. The minimum atomic E-state index is -0.283. The highest BCUT2D eigenvalue weighted by molar-refractivity contribution is 6.04. The lowest BCUT2D eigenvalue weighted by atomic mass is 10.1. The van der Waals surface area contributed by atoms with Crippen LogP contribution < -0.4 is 15.1 Å². The van der Waals surface area contributed by atoms with Crippen molar-refractivity contribution < 1.29 is 9.18 Å². The summed E-state index contributed by atoms with van der Waals surface area (Å²) < 4.78 is 14.9. The van der Waals surface area contributed by atoms with Crippen molar-refractivity contribution >= 4 is 23.4 Å². The number of benzene rings is 1. The van der Waals surface area contributed by atoms with Crippen LogP contribution in [0.5, 0.6) is 0 Å². The fourth-order valence-electron chi connectivity index (χ4n) is 4.04. The minimum Gasteiger partial charge on any atom is -0.350 e. The Balaban J connectivity index is 1.48. The van der Waals surface area contributed by atoms with E-state index in [-0.39, 0.29) is 23.8 Å². The lowest BCUT2D eigenvalue weighted by Gasteiger charge is -2.42. The molecule has 1 aromatic carbocycles. The van der Waals surface area contributed by atoms with Gasteiger partial charge in [0.05, 0.1) is 18.9 Å². The Labute approximate surface area is 187 Å². The van der Waals surface area contributed by atoms with Gasteiger partial charge in [0.2, 0.25) is 11.9 Å². The third-order valence-electron chi connectivity index (χ3n) is 5.59. The van der Waals surface area contributed by atoms with Crippen LogP contribution in [-0.2, 0) is 17.9 Å². The molecular formula is C23H28FN7O. The normalized spacial score (nSPS) is 15.9. The zero-order chi connectivity index (χ0) is 22.8. The molecule has 0 bridgehead atoms. The van der Waals surface area contributed by atoms with Crippen LogP contribution in [0.1, 0.15) is 38.8 Å². The van der Waals surface area contributed by atoms with Crippen LogP contribution in [-0.4, -0.2) is 44.3 Å². The summed E-state index contributed by atoms with van der Waals surface area (Å²) in [7, 11) is 0. The molecule has 1 atom stereocenters. The summed E-state index contributed by atoms with van der Waals surface area (Å²) in [6.45, 7) is 9.63. The molecule has 32 heavy (non-hydrogen) atoms. The number of hydrogen-bond acceptors (Lipinski definition) is 6. The monoisotopic (exact) mass is 437 g/mol. The molecule has 1 aliphatic rings. The van der Waals surface area contributed by atoms with E-state index in [1.54, 1.807) is 29.4 Å². The standard InChI is InChI=1S/C23H28FN7O/c1-5-30-20-12-26-23(28-21(20)31(15(2)3)16(4)22(30)32)25-10-18-11-27-29(14-18)13-17-6-8-19(24)9-7-17/h6-9,11-12,14-16H,5,10,13H2,1-4H3,(H,25,26,28)/t16-/m0/s1. The number of anilines is 3. The summed E-state index contributed by atoms with van der Waals surface area (Å²) in [6.07, 6.45) is 5.44. The van der Waals surface area contributed by atoms with Gasteiger partial charge in [-0.15, -0.1) is 0 Å². The highest BCUT2D eigenvalue weighted by atomic mass is 19.1. The second-order valence-electron chi connectivity index (χ2n) is 8.19. The lowest BCUT2D eigenvalue weighted by molar-refractivity contribution is -0.119. The quantitative estimate of drug-likeness (QED) is 0.610.